The number of hydrogen-bond donors (Lipinski definition) is 2. The molecule has 2 saturated carbocycles. The molecule has 2 fully saturated rings. The molecule has 1 aromatic rings. The molecule has 1 aromatic carbocycles. The topological polar surface area (TPSA) is 41.1 Å². The van der Waals surface area contributed by atoms with Crippen LogP contribution < -0.4 is 10.6 Å². The first kappa shape index (κ1) is 12.7. The summed E-state index contributed by atoms with van der Waals surface area (Å²) in [6.07, 6.45) is 7.10. The van der Waals surface area contributed by atoms with Crippen molar-refractivity contribution in [2.24, 2.45) is 5.92 Å². The van der Waals surface area contributed by atoms with Gasteiger partial charge in [-0.25, -0.2) is 0 Å². The van der Waals surface area contributed by atoms with Crippen LogP contribution in [-0.2, 0) is 11.3 Å². The van der Waals surface area contributed by atoms with Crippen LogP contribution in [0.15, 0.2) is 24.3 Å². The Morgan fingerprint density at radius 2 is 1.95 bits per heavy atom. The van der Waals surface area contributed by atoms with Gasteiger partial charge in [-0.1, -0.05) is 25.0 Å². The van der Waals surface area contributed by atoms with E-state index in [1.807, 2.05) is 12.1 Å². The number of carbonyl (C=O) groups is 1. The lowest BCUT2D eigenvalue weighted by atomic mass is 10.1. The van der Waals surface area contributed by atoms with E-state index in [4.69, 9.17) is 0 Å². The van der Waals surface area contributed by atoms with Gasteiger partial charge < -0.3 is 10.6 Å². The molecule has 2 aliphatic carbocycles. The first-order chi connectivity index (χ1) is 9.31. The van der Waals surface area contributed by atoms with Crippen LogP contribution in [0.5, 0.6) is 0 Å². The van der Waals surface area contributed by atoms with Crippen LogP contribution in [0.3, 0.4) is 0 Å². The molecule has 0 aromatic heterocycles. The van der Waals surface area contributed by atoms with E-state index >= 15 is 0 Å². The molecule has 102 valence electrons. The summed E-state index contributed by atoms with van der Waals surface area (Å²) < 4.78 is 0. The van der Waals surface area contributed by atoms with Crippen LogP contribution in [0.1, 0.15) is 44.1 Å². The van der Waals surface area contributed by atoms with Crippen molar-refractivity contribution in [3.8, 4) is 0 Å². The van der Waals surface area contributed by atoms with Crippen LogP contribution in [0.2, 0.25) is 0 Å². The highest BCUT2D eigenvalue weighted by molar-refractivity contribution is 5.92. The summed E-state index contributed by atoms with van der Waals surface area (Å²) in [7, 11) is 0. The van der Waals surface area contributed by atoms with Crippen molar-refractivity contribution in [1.29, 1.82) is 0 Å². The summed E-state index contributed by atoms with van der Waals surface area (Å²) in [6.45, 7) is 0.901. The van der Waals surface area contributed by atoms with E-state index in [0.29, 0.717) is 0 Å². The molecular weight excluding hydrogens is 236 g/mol. The third-order valence-corrected chi connectivity index (χ3v) is 4.09. The van der Waals surface area contributed by atoms with Gasteiger partial charge in [0.25, 0.3) is 0 Å². The maximum atomic E-state index is 12.1. The van der Waals surface area contributed by atoms with Crippen molar-refractivity contribution in [2.45, 2.75) is 51.1 Å². The first-order valence-corrected chi connectivity index (χ1v) is 7.44. The summed E-state index contributed by atoms with van der Waals surface area (Å²) in [6, 6.07) is 8.92. The Balaban J connectivity index is 1.56. The highest BCUT2D eigenvalue weighted by Gasteiger charge is 2.23. The molecular formula is C16H22N2O. The van der Waals surface area contributed by atoms with Crippen molar-refractivity contribution in [1.82, 2.24) is 5.32 Å². The number of rotatable bonds is 5. The number of nitrogens with one attached hydrogen (secondary N) is 2. The predicted octanol–water partition coefficient (Wildman–Crippen LogP) is 3.07. The zero-order valence-corrected chi connectivity index (χ0v) is 11.3. The molecule has 3 rings (SSSR count). The van der Waals surface area contributed by atoms with Gasteiger partial charge in [0.1, 0.15) is 0 Å². The lowest BCUT2D eigenvalue weighted by Crippen LogP contribution is -2.20. The third kappa shape index (κ3) is 3.57. The fourth-order valence-electron chi connectivity index (χ4n) is 2.74. The first-order valence-electron chi connectivity index (χ1n) is 7.44. The van der Waals surface area contributed by atoms with Gasteiger partial charge >= 0.3 is 0 Å². The molecule has 0 bridgehead atoms. The predicted molar refractivity (Wildman–Crippen MR) is 76.9 cm³/mol. The second kappa shape index (κ2) is 5.74. The van der Waals surface area contributed by atoms with Crippen LogP contribution >= 0.6 is 0 Å². The molecule has 0 aliphatic heterocycles. The Hall–Kier alpha value is -1.35. The largest absolute Gasteiger partial charge is 0.326 e. The fraction of sp³-hybridized carbons (Fsp3) is 0.562. The second-order valence-electron chi connectivity index (χ2n) is 5.83. The molecule has 2 N–H and O–H groups in total. The summed E-state index contributed by atoms with van der Waals surface area (Å²) in [5.74, 6) is 0.429. The molecule has 0 heterocycles. The van der Waals surface area contributed by atoms with Crippen LogP contribution in [0.25, 0.3) is 0 Å². The van der Waals surface area contributed by atoms with Gasteiger partial charge in [0.15, 0.2) is 0 Å². The molecule has 0 saturated heterocycles. The van der Waals surface area contributed by atoms with Gasteiger partial charge in [0, 0.05) is 24.2 Å². The third-order valence-electron chi connectivity index (χ3n) is 4.09. The highest BCUT2D eigenvalue weighted by Crippen LogP contribution is 2.26. The minimum Gasteiger partial charge on any atom is -0.326 e. The zero-order chi connectivity index (χ0) is 13.1. The van der Waals surface area contributed by atoms with E-state index < -0.39 is 0 Å². The number of anilines is 1. The Morgan fingerprint density at radius 3 is 2.68 bits per heavy atom. The number of carbonyl (C=O) groups excluding carboxylic acids is 1. The normalized spacial score (nSPS) is 19.6. The van der Waals surface area contributed by atoms with E-state index in [1.165, 1.54) is 31.2 Å². The molecule has 0 unspecified atom stereocenters. The molecule has 2 aliphatic rings. The van der Waals surface area contributed by atoms with E-state index in [9.17, 15) is 4.79 Å². The van der Waals surface area contributed by atoms with Crippen LogP contribution in [-0.4, -0.2) is 11.9 Å². The van der Waals surface area contributed by atoms with Crippen molar-refractivity contribution in [3.63, 3.8) is 0 Å². The Kier molecular flexibility index (Phi) is 3.83. The Morgan fingerprint density at radius 1 is 1.16 bits per heavy atom. The van der Waals surface area contributed by atoms with Gasteiger partial charge in [0.2, 0.25) is 5.91 Å². The monoisotopic (exact) mass is 258 g/mol. The van der Waals surface area contributed by atoms with Gasteiger partial charge in [-0.15, -0.1) is 0 Å². The molecule has 1 amide bonds. The van der Waals surface area contributed by atoms with E-state index in [0.717, 1.165) is 31.1 Å². The minimum absolute atomic E-state index is 0.199. The quantitative estimate of drug-likeness (QED) is 0.852. The van der Waals surface area contributed by atoms with Gasteiger partial charge in [0.05, 0.1) is 0 Å². The van der Waals surface area contributed by atoms with E-state index in [1.54, 1.807) is 0 Å². The van der Waals surface area contributed by atoms with Crippen LogP contribution in [0.4, 0.5) is 5.69 Å². The van der Waals surface area contributed by atoms with Crippen molar-refractivity contribution >= 4 is 11.6 Å². The second-order valence-corrected chi connectivity index (χ2v) is 5.83. The van der Waals surface area contributed by atoms with Gasteiger partial charge in [-0.2, -0.15) is 0 Å². The fourth-order valence-corrected chi connectivity index (χ4v) is 2.74. The SMILES string of the molecule is O=C(Nc1cccc(CNC2CC2)c1)C1CCCC1. The Bertz CT molecular complexity index is 448. The molecule has 0 spiro atoms. The zero-order valence-electron chi connectivity index (χ0n) is 11.3. The van der Waals surface area contributed by atoms with E-state index in [-0.39, 0.29) is 11.8 Å². The summed E-state index contributed by atoms with van der Waals surface area (Å²) in [4.78, 5) is 12.1. The summed E-state index contributed by atoms with van der Waals surface area (Å²) >= 11 is 0. The number of benzene rings is 1. The number of hydrogen-bond acceptors (Lipinski definition) is 2. The minimum atomic E-state index is 0.199. The average molecular weight is 258 g/mol. The maximum absolute atomic E-state index is 12.1. The molecule has 3 heteroatoms. The van der Waals surface area contributed by atoms with Crippen molar-refractivity contribution in [2.75, 3.05) is 5.32 Å². The molecule has 3 nitrogen and oxygen atoms in total. The molecule has 0 radical (unpaired) electrons. The molecule has 0 atom stereocenters. The lowest BCUT2D eigenvalue weighted by Gasteiger charge is -2.11. The van der Waals surface area contributed by atoms with Gasteiger partial charge in [-0.05, 0) is 43.4 Å². The highest BCUT2D eigenvalue weighted by atomic mass is 16.1. The average Bonchev–Trinajstić information content (AvgIpc) is 3.08. The van der Waals surface area contributed by atoms with Crippen LogP contribution in [0, 0.1) is 5.92 Å². The summed E-state index contributed by atoms with van der Waals surface area (Å²) in [5.41, 5.74) is 2.18. The number of amides is 1. The Labute approximate surface area is 114 Å². The molecule has 19 heavy (non-hydrogen) atoms. The lowest BCUT2D eigenvalue weighted by molar-refractivity contribution is -0.119. The maximum Gasteiger partial charge on any atom is 0.227 e. The van der Waals surface area contributed by atoms with E-state index in [2.05, 4.69) is 22.8 Å². The smallest absolute Gasteiger partial charge is 0.227 e. The standard InChI is InChI=1S/C16H22N2O/c19-16(13-5-1-2-6-13)18-15-7-3-4-12(10-15)11-17-14-8-9-14/h3-4,7,10,13-14,17H,1-2,5-6,8-9,11H2,(H,18,19). The van der Waals surface area contributed by atoms with Crippen molar-refractivity contribution < 1.29 is 4.79 Å². The van der Waals surface area contributed by atoms with Crippen molar-refractivity contribution in [3.05, 3.63) is 29.8 Å². The van der Waals surface area contributed by atoms with Gasteiger partial charge in [-0.3, -0.25) is 4.79 Å². The summed E-state index contributed by atoms with van der Waals surface area (Å²) in [5, 5.41) is 6.56.